The van der Waals surface area contributed by atoms with Crippen LogP contribution in [0, 0.1) is 17.8 Å². The van der Waals surface area contributed by atoms with Crippen LogP contribution >= 0.6 is 11.6 Å². The van der Waals surface area contributed by atoms with Crippen LogP contribution in [0.5, 0.6) is 0 Å². The number of rotatable bonds is 12. The summed E-state index contributed by atoms with van der Waals surface area (Å²) in [5.41, 5.74) is 2.99. The molecule has 2 aliphatic rings. The molecule has 40 heavy (non-hydrogen) atoms. The van der Waals surface area contributed by atoms with E-state index >= 15 is 0 Å². The van der Waals surface area contributed by atoms with Crippen LogP contribution in [0.25, 0.3) is 11.1 Å². The Hall–Kier alpha value is -1.92. The minimum Gasteiger partial charge on any atom is -0.385 e. The first kappa shape index (κ1) is 31.0. The second kappa shape index (κ2) is 14.8. The van der Waals surface area contributed by atoms with Gasteiger partial charge in [-0.1, -0.05) is 54.9 Å². The largest absolute Gasteiger partial charge is 0.385 e. The van der Waals surface area contributed by atoms with Gasteiger partial charge in [0.25, 0.3) is 0 Å². The number of hydrogen-bond donors (Lipinski definition) is 2. The van der Waals surface area contributed by atoms with E-state index in [9.17, 15) is 9.90 Å². The highest BCUT2D eigenvalue weighted by molar-refractivity contribution is 6.33. The number of amides is 1. The Labute approximate surface area is 246 Å². The average Bonchev–Trinajstić information content (AvgIpc) is 2.99. The van der Waals surface area contributed by atoms with Gasteiger partial charge in [-0.3, -0.25) is 4.79 Å². The Morgan fingerprint density at radius 3 is 2.62 bits per heavy atom. The standard InChI is InChI=1S/C34H49ClN2O3/c1-4-25-10-7-11-28(22-25)32-30(13-8-14-31(32)35)34(39,19-5-6-21-40-3)29-12-9-20-37(24-29)33(38)27-17-15-26(16-18-27)23-36-2/h7-8,10-11,13-14,22,26-27,29,36,39H,4-6,9,12,15-21,23-24H2,1-3H3/t26-,27-,29-,34?/m1/s1. The SMILES string of the molecule is CCc1cccc(-c2c(Cl)cccc2C(O)(CCCCOC)[C@@H]2CCCN(C(=O)[C@H]3CC[C@H](CNC)CC3)C2)c1. The number of nitrogens with one attached hydrogen (secondary N) is 1. The summed E-state index contributed by atoms with van der Waals surface area (Å²) in [5, 5.41) is 16.7. The van der Waals surface area contributed by atoms with Crippen LogP contribution in [0.15, 0.2) is 42.5 Å². The molecule has 2 atom stereocenters. The maximum Gasteiger partial charge on any atom is 0.225 e. The van der Waals surface area contributed by atoms with E-state index in [2.05, 4.69) is 47.5 Å². The Morgan fingerprint density at radius 1 is 1.12 bits per heavy atom. The lowest BCUT2D eigenvalue weighted by Crippen LogP contribution is -2.50. The van der Waals surface area contributed by atoms with Crippen molar-refractivity contribution in [3.05, 3.63) is 58.6 Å². The normalized spacial score (nSPS) is 23.1. The Morgan fingerprint density at radius 2 is 1.90 bits per heavy atom. The topological polar surface area (TPSA) is 61.8 Å². The number of aryl methyl sites for hydroxylation is 1. The van der Waals surface area contributed by atoms with Gasteiger partial charge in [-0.25, -0.2) is 0 Å². The third-order valence-corrected chi connectivity index (χ3v) is 9.67. The Bertz CT molecular complexity index is 1100. The predicted molar refractivity (Wildman–Crippen MR) is 165 cm³/mol. The minimum absolute atomic E-state index is 0.0556. The number of methoxy groups -OCH3 is 1. The maximum atomic E-state index is 13.7. The summed E-state index contributed by atoms with van der Waals surface area (Å²) in [4.78, 5) is 15.8. The number of unbranched alkanes of at least 4 members (excludes halogenated alkanes) is 1. The molecule has 0 radical (unpaired) electrons. The number of carbonyl (C=O) groups is 1. The van der Waals surface area contributed by atoms with Crippen molar-refractivity contribution in [2.75, 3.05) is 40.4 Å². The molecule has 2 aromatic carbocycles. The molecule has 4 rings (SSSR count). The molecule has 220 valence electrons. The molecule has 1 heterocycles. The number of aliphatic hydroxyl groups is 1. The highest BCUT2D eigenvalue weighted by Crippen LogP contribution is 2.46. The van der Waals surface area contributed by atoms with Gasteiger partial charge in [0.05, 0.1) is 5.60 Å². The molecule has 1 aliphatic carbocycles. The van der Waals surface area contributed by atoms with Gasteiger partial charge < -0.3 is 20.1 Å². The van der Waals surface area contributed by atoms with E-state index in [0.29, 0.717) is 30.5 Å². The van der Waals surface area contributed by atoms with Gasteiger partial charge >= 0.3 is 0 Å². The van der Waals surface area contributed by atoms with Gasteiger partial charge in [0, 0.05) is 49.2 Å². The number of hydrogen-bond acceptors (Lipinski definition) is 4. The molecule has 2 fully saturated rings. The smallest absolute Gasteiger partial charge is 0.225 e. The fourth-order valence-corrected chi connectivity index (χ4v) is 7.34. The zero-order chi connectivity index (χ0) is 28.5. The van der Waals surface area contributed by atoms with E-state index in [4.69, 9.17) is 16.3 Å². The monoisotopic (exact) mass is 568 g/mol. The van der Waals surface area contributed by atoms with Crippen molar-refractivity contribution in [2.24, 2.45) is 17.8 Å². The summed E-state index contributed by atoms with van der Waals surface area (Å²) in [7, 11) is 3.73. The number of nitrogens with zero attached hydrogens (tertiary/aromatic N) is 1. The second-order valence-electron chi connectivity index (χ2n) is 12.0. The molecule has 1 saturated carbocycles. The van der Waals surface area contributed by atoms with E-state index in [1.165, 1.54) is 5.56 Å². The third kappa shape index (κ3) is 7.28. The highest BCUT2D eigenvalue weighted by Gasteiger charge is 2.43. The summed E-state index contributed by atoms with van der Waals surface area (Å²) < 4.78 is 5.32. The molecule has 1 unspecified atom stereocenters. The van der Waals surface area contributed by atoms with Crippen molar-refractivity contribution in [1.82, 2.24) is 10.2 Å². The highest BCUT2D eigenvalue weighted by atomic mass is 35.5. The lowest BCUT2D eigenvalue weighted by Gasteiger charge is -2.45. The molecule has 6 heteroatoms. The first-order valence-corrected chi connectivity index (χ1v) is 15.8. The van der Waals surface area contributed by atoms with Crippen LogP contribution in [0.1, 0.15) is 75.8 Å². The van der Waals surface area contributed by atoms with Crippen molar-refractivity contribution in [3.8, 4) is 11.1 Å². The molecule has 2 aromatic rings. The molecule has 1 amide bonds. The average molecular weight is 569 g/mol. The Kier molecular flexibility index (Phi) is 11.5. The van der Waals surface area contributed by atoms with Crippen molar-refractivity contribution in [1.29, 1.82) is 0 Å². The van der Waals surface area contributed by atoms with Gasteiger partial charge in [0.2, 0.25) is 5.91 Å². The van der Waals surface area contributed by atoms with Crippen LogP contribution in [0.2, 0.25) is 5.02 Å². The molecule has 1 aliphatic heterocycles. The molecule has 2 N–H and O–H groups in total. The third-order valence-electron chi connectivity index (χ3n) is 9.36. The first-order chi connectivity index (χ1) is 19.4. The number of likely N-dealkylation sites (tertiary alicyclic amines) is 1. The summed E-state index contributed by atoms with van der Waals surface area (Å²) in [6, 6.07) is 14.4. The lowest BCUT2D eigenvalue weighted by atomic mass is 9.71. The van der Waals surface area contributed by atoms with Crippen LogP contribution in [-0.2, 0) is 21.6 Å². The first-order valence-electron chi connectivity index (χ1n) is 15.4. The van der Waals surface area contributed by atoms with Gasteiger partial charge in [-0.2, -0.15) is 0 Å². The van der Waals surface area contributed by atoms with Gasteiger partial charge in [0.1, 0.15) is 0 Å². The Balaban J connectivity index is 1.63. The zero-order valence-corrected chi connectivity index (χ0v) is 25.5. The van der Waals surface area contributed by atoms with Crippen molar-refractivity contribution in [3.63, 3.8) is 0 Å². The van der Waals surface area contributed by atoms with Gasteiger partial charge in [-0.05, 0) is 106 Å². The quantitative estimate of drug-likeness (QED) is 0.275. The summed E-state index contributed by atoms with van der Waals surface area (Å²) in [6.07, 6.45) is 9.23. The van der Waals surface area contributed by atoms with E-state index in [0.717, 1.165) is 87.6 Å². The molecule has 0 aromatic heterocycles. The van der Waals surface area contributed by atoms with Crippen LogP contribution in [-0.4, -0.2) is 56.3 Å². The van der Waals surface area contributed by atoms with E-state index in [1.54, 1.807) is 7.11 Å². The number of piperidine rings is 1. The molecule has 0 bridgehead atoms. The number of ether oxygens (including phenoxy) is 1. The number of carbonyl (C=O) groups excluding carboxylic acids is 1. The number of halogens is 1. The van der Waals surface area contributed by atoms with Crippen LogP contribution in [0.4, 0.5) is 0 Å². The van der Waals surface area contributed by atoms with Crippen molar-refractivity contribution >= 4 is 17.5 Å². The molecular formula is C34H49ClN2O3. The maximum absolute atomic E-state index is 13.7. The predicted octanol–water partition coefficient (Wildman–Crippen LogP) is 6.84. The van der Waals surface area contributed by atoms with Gasteiger partial charge in [-0.15, -0.1) is 0 Å². The summed E-state index contributed by atoms with van der Waals surface area (Å²) in [6.45, 7) is 5.23. The second-order valence-corrected chi connectivity index (χ2v) is 12.4. The van der Waals surface area contributed by atoms with E-state index < -0.39 is 5.60 Å². The lowest BCUT2D eigenvalue weighted by molar-refractivity contribution is -0.142. The van der Waals surface area contributed by atoms with Crippen LogP contribution < -0.4 is 5.32 Å². The number of benzene rings is 2. The zero-order valence-electron chi connectivity index (χ0n) is 24.8. The molecule has 1 saturated heterocycles. The summed E-state index contributed by atoms with van der Waals surface area (Å²) >= 11 is 6.90. The fraction of sp³-hybridized carbons (Fsp3) is 0.618. The van der Waals surface area contributed by atoms with Crippen molar-refractivity contribution in [2.45, 2.75) is 76.7 Å². The van der Waals surface area contributed by atoms with E-state index in [-0.39, 0.29) is 17.7 Å². The van der Waals surface area contributed by atoms with Crippen LogP contribution in [0.3, 0.4) is 0 Å². The fourth-order valence-electron chi connectivity index (χ4n) is 7.05. The molecule has 0 spiro atoms. The molecule has 5 nitrogen and oxygen atoms in total. The van der Waals surface area contributed by atoms with E-state index in [1.807, 2.05) is 19.2 Å². The van der Waals surface area contributed by atoms with Gasteiger partial charge in [0.15, 0.2) is 0 Å². The minimum atomic E-state index is -1.10. The van der Waals surface area contributed by atoms with Crippen molar-refractivity contribution < 1.29 is 14.6 Å². The summed E-state index contributed by atoms with van der Waals surface area (Å²) in [5.74, 6) is 1.02. The molecular weight excluding hydrogens is 520 g/mol.